The van der Waals surface area contributed by atoms with Gasteiger partial charge in [-0.15, -0.1) is 11.8 Å². The van der Waals surface area contributed by atoms with Gasteiger partial charge in [-0.2, -0.15) is 0 Å². The van der Waals surface area contributed by atoms with Gasteiger partial charge in [-0.25, -0.2) is 0 Å². The molecule has 0 atom stereocenters. The molecule has 3 nitrogen and oxygen atoms in total. The second kappa shape index (κ2) is 7.09. The summed E-state index contributed by atoms with van der Waals surface area (Å²) in [6.07, 6.45) is 1.86. The highest BCUT2D eigenvalue weighted by molar-refractivity contribution is 7.98. The van der Waals surface area contributed by atoms with Crippen molar-refractivity contribution in [1.29, 1.82) is 0 Å². The zero-order chi connectivity index (χ0) is 15.2. The average Bonchev–Trinajstić information content (AvgIpc) is 2.55. The number of methoxy groups -OCH3 is 1. The minimum atomic E-state index is -0.184. The minimum absolute atomic E-state index is 0.120. The molecule has 0 heterocycles. The van der Waals surface area contributed by atoms with Gasteiger partial charge in [-0.3, -0.25) is 9.59 Å². The number of rotatable bonds is 6. The van der Waals surface area contributed by atoms with Crippen LogP contribution in [0.4, 0.5) is 0 Å². The smallest absolute Gasteiger partial charge is 0.170 e. The molecule has 0 saturated heterocycles. The van der Waals surface area contributed by atoms with E-state index in [4.69, 9.17) is 4.74 Å². The molecule has 108 valence electrons. The molecule has 0 amide bonds. The Labute approximate surface area is 128 Å². The number of ether oxygens (including phenoxy) is 1. The Morgan fingerprint density at radius 3 is 1.81 bits per heavy atom. The summed E-state index contributed by atoms with van der Waals surface area (Å²) in [5.41, 5.74) is 1.08. The van der Waals surface area contributed by atoms with E-state index in [1.807, 2.05) is 18.4 Å². The standard InChI is InChI=1S/C17H16O3S/c1-20-14-7-3-12(4-8-14)16(18)11-17(19)13-5-9-15(21-2)10-6-13/h3-10H,11H2,1-2H3. The van der Waals surface area contributed by atoms with Crippen molar-refractivity contribution in [3.63, 3.8) is 0 Å². The molecule has 2 aromatic rings. The Balaban J connectivity index is 2.05. The Morgan fingerprint density at radius 1 is 0.905 bits per heavy atom. The van der Waals surface area contributed by atoms with Crippen molar-refractivity contribution in [1.82, 2.24) is 0 Å². The number of hydrogen-bond donors (Lipinski definition) is 0. The lowest BCUT2D eigenvalue weighted by Gasteiger charge is -2.04. The van der Waals surface area contributed by atoms with Crippen LogP contribution in [0.15, 0.2) is 53.4 Å². The molecule has 0 spiro atoms. The van der Waals surface area contributed by atoms with Crippen LogP contribution in [-0.4, -0.2) is 24.9 Å². The van der Waals surface area contributed by atoms with Crippen LogP contribution in [0.1, 0.15) is 27.1 Å². The van der Waals surface area contributed by atoms with Crippen molar-refractivity contribution in [3.8, 4) is 5.75 Å². The van der Waals surface area contributed by atoms with E-state index in [1.165, 1.54) is 0 Å². The summed E-state index contributed by atoms with van der Waals surface area (Å²) in [6, 6.07) is 14.1. The number of carbonyl (C=O) groups excluding carboxylic acids is 2. The average molecular weight is 300 g/mol. The normalized spacial score (nSPS) is 10.2. The van der Waals surface area contributed by atoms with Crippen LogP contribution < -0.4 is 4.74 Å². The summed E-state index contributed by atoms with van der Waals surface area (Å²) < 4.78 is 5.04. The molecule has 0 bridgehead atoms. The van der Waals surface area contributed by atoms with Crippen molar-refractivity contribution in [2.45, 2.75) is 11.3 Å². The first kappa shape index (κ1) is 15.3. The monoisotopic (exact) mass is 300 g/mol. The minimum Gasteiger partial charge on any atom is -0.497 e. The van der Waals surface area contributed by atoms with Gasteiger partial charge in [0.2, 0.25) is 0 Å². The maximum absolute atomic E-state index is 12.1. The van der Waals surface area contributed by atoms with Crippen LogP contribution in [0.2, 0.25) is 0 Å². The molecule has 2 aromatic carbocycles. The molecular weight excluding hydrogens is 284 g/mol. The van der Waals surface area contributed by atoms with E-state index in [0.717, 1.165) is 4.90 Å². The number of benzene rings is 2. The second-order valence-corrected chi connectivity index (χ2v) is 5.36. The molecule has 0 unspecified atom stereocenters. The SMILES string of the molecule is COc1ccc(C(=O)CC(=O)c2ccc(SC)cc2)cc1. The van der Waals surface area contributed by atoms with Crippen molar-refractivity contribution < 1.29 is 14.3 Å². The molecule has 0 saturated carbocycles. The van der Waals surface area contributed by atoms with Gasteiger partial charge >= 0.3 is 0 Å². The molecule has 0 aromatic heterocycles. The fourth-order valence-corrected chi connectivity index (χ4v) is 2.31. The Hall–Kier alpha value is -2.07. The van der Waals surface area contributed by atoms with Gasteiger partial charge in [0.1, 0.15) is 5.75 Å². The third-order valence-corrected chi connectivity index (χ3v) is 3.89. The van der Waals surface area contributed by atoms with E-state index in [0.29, 0.717) is 16.9 Å². The third-order valence-electron chi connectivity index (χ3n) is 3.15. The van der Waals surface area contributed by atoms with Crippen LogP contribution >= 0.6 is 11.8 Å². The lowest BCUT2D eigenvalue weighted by atomic mass is 10.0. The molecule has 0 radical (unpaired) electrons. The highest BCUT2D eigenvalue weighted by Crippen LogP contribution is 2.17. The second-order valence-electron chi connectivity index (χ2n) is 4.48. The van der Waals surface area contributed by atoms with Gasteiger partial charge in [-0.05, 0) is 42.7 Å². The topological polar surface area (TPSA) is 43.4 Å². The van der Waals surface area contributed by atoms with E-state index in [1.54, 1.807) is 55.3 Å². The highest BCUT2D eigenvalue weighted by atomic mass is 32.2. The van der Waals surface area contributed by atoms with E-state index in [2.05, 4.69) is 0 Å². The quantitative estimate of drug-likeness (QED) is 0.461. The Kier molecular flexibility index (Phi) is 5.17. The fraction of sp³-hybridized carbons (Fsp3) is 0.176. The molecule has 21 heavy (non-hydrogen) atoms. The van der Waals surface area contributed by atoms with Crippen molar-refractivity contribution in [2.24, 2.45) is 0 Å². The predicted octanol–water partition coefficient (Wildman–Crippen LogP) is 3.87. The highest BCUT2D eigenvalue weighted by Gasteiger charge is 2.13. The van der Waals surface area contributed by atoms with Gasteiger partial charge in [-0.1, -0.05) is 12.1 Å². The number of carbonyl (C=O) groups is 2. The third kappa shape index (κ3) is 3.95. The van der Waals surface area contributed by atoms with Crippen LogP contribution in [0, 0.1) is 0 Å². The Morgan fingerprint density at radius 2 is 1.38 bits per heavy atom. The Bertz CT molecular complexity index is 573. The van der Waals surface area contributed by atoms with Crippen LogP contribution in [0.25, 0.3) is 0 Å². The van der Waals surface area contributed by atoms with E-state index >= 15 is 0 Å². The molecule has 0 aliphatic carbocycles. The summed E-state index contributed by atoms with van der Waals surface area (Å²) in [6.45, 7) is 0. The van der Waals surface area contributed by atoms with Gasteiger partial charge in [0, 0.05) is 16.0 Å². The molecule has 0 N–H and O–H groups in total. The summed E-state index contributed by atoms with van der Waals surface area (Å²) in [5.74, 6) is 0.339. The molecule has 0 aliphatic rings. The van der Waals surface area contributed by atoms with Crippen molar-refractivity contribution in [3.05, 3.63) is 59.7 Å². The van der Waals surface area contributed by atoms with E-state index in [9.17, 15) is 9.59 Å². The first-order valence-corrected chi connectivity index (χ1v) is 7.71. The first-order valence-electron chi connectivity index (χ1n) is 6.48. The van der Waals surface area contributed by atoms with Gasteiger partial charge < -0.3 is 4.74 Å². The lowest BCUT2D eigenvalue weighted by Crippen LogP contribution is -2.08. The van der Waals surface area contributed by atoms with Crippen LogP contribution in [-0.2, 0) is 0 Å². The van der Waals surface area contributed by atoms with Gasteiger partial charge in [0.05, 0.1) is 13.5 Å². The largest absolute Gasteiger partial charge is 0.497 e. The van der Waals surface area contributed by atoms with Crippen molar-refractivity contribution >= 4 is 23.3 Å². The molecular formula is C17H16O3S. The summed E-state index contributed by atoms with van der Waals surface area (Å²) in [4.78, 5) is 25.3. The maximum atomic E-state index is 12.1. The molecule has 2 rings (SSSR count). The summed E-state index contributed by atoms with van der Waals surface area (Å²) in [5, 5.41) is 0. The zero-order valence-corrected chi connectivity index (χ0v) is 12.8. The summed E-state index contributed by atoms with van der Waals surface area (Å²) in [7, 11) is 1.57. The number of thioether (sulfide) groups is 1. The number of Topliss-reactive ketones (excluding diaryl/α,β-unsaturated/α-hetero) is 2. The zero-order valence-electron chi connectivity index (χ0n) is 12.0. The molecule has 0 fully saturated rings. The van der Waals surface area contributed by atoms with Crippen LogP contribution in [0.5, 0.6) is 5.75 Å². The van der Waals surface area contributed by atoms with E-state index in [-0.39, 0.29) is 18.0 Å². The predicted molar refractivity (Wildman–Crippen MR) is 84.5 cm³/mol. The first-order chi connectivity index (χ1) is 10.1. The molecule has 0 aliphatic heterocycles. The maximum Gasteiger partial charge on any atom is 0.170 e. The summed E-state index contributed by atoms with van der Waals surface area (Å²) >= 11 is 1.61. The van der Waals surface area contributed by atoms with Gasteiger partial charge in [0.15, 0.2) is 11.6 Å². The van der Waals surface area contributed by atoms with Crippen LogP contribution in [0.3, 0.4) is 0 Å². The van der Waals surface area contributed by atoms with Gasteiger partial charge in [0.25, 0.3) is 0 Å². The number of ketones is 2. The molecule has 4 heteroatoms. The van der Waals surface area contributed by atoms with E-state index < -0.39 is 0 Å². The lowest BCUT2D eigenvalue weighted by molar-refractivity contribution is 0.0894. The fourth-order valence-electron chi connectivity index (χ4n) is 1.90. The van der Waals surface area contributed by atoms with Crippen molar-refractivity contribution in [2.75, 3.05) is 13.4 Å². The number of hydrogen-bond acceptors (Lipinski definition) is 4.